The van der Waals surface area contributed by atoms with Crippen LogP contribution in [0.15, 0.2) is 42.5 Å². The molecule has 2 fully saturated rings. The molecular formula is C19H22ClN3O2S. The number of carbonyl (C=O) groups excluding carboxylic acids is 1. The van der Waals surface area contributed by atoms with Crippen molar-refractivity contribution in [3.05, 3.63) is 57.2 Å². The second-order valence-corrected chi connectivity index (χ2v) is 8.92. The molecule has 2 unspecified atom stereocenters. The van der Waals surface area contributed by atoms with Crippen molar-refractivity contribution in [2.45, 2.75) is 44.2 Å². The van der Waals surface area contributed by atoms with Crippen LogP contribution in [0.5, 0.6) is 0 Å². The second kappa shape index (κ2) is 6.32. The van der Waals surface area contributed by atoms with Gasteiger partial charge in [0, 0.05) is 12.0 Å². The van der Waals surface area contributed by atoms with Gasteiger partial charge in [0.15, 0.2) is 12.0 Å². The predicted octanol–water partition coefficient (Wildman–Crippen LogP) is 3.86. The van der Waals surface area contributed by atoms with Gasteiger partial charge in [0.05, 0.1) is 9.21 Å². The average Bonchev–Trinajstić information content (AvgIpc) is 3.21. The Morgan fingerprint density at radius 1 is 1.23 bits per heavy atom. The molecule has 2 atom stereocenters. The second-order valence-electron chi connectivity index (χ2n) is 7.18. The van der Waals surface area contributed by atoms with E-state index in [1.54, 1.807) is 5.01 Å². The van der Waals surface area contributed by atoms with Crippen LogP contribution >= 0.6 is 22.9 Å². The molecule has 2 saturated heterocycles. The zero-order valence-electron chi connectivity index (χ0n) is 14.8. The summed E-state index contributed by atoms with van der Waals surface area (Å²) in [5.74, 6) is 0.0588. The first-order valence-corrected chi connectivity index (χ1v) is 9.94. The van der Waals surface area contributed by atoms with Gasteiger partial charge in [-0.25, -0.2) is 5.01 Å². The smallest absolute Gasteiger partial charge is 0.261 e. The summed E-state index contributed by atoms with van der Waals surface area (Å²) in [5.41, 5.74) is 5.29. The summed E-state index contributed by atoms with van der Waals surface area (Å²) in [6.07, 6.45) is 1.05. The Hall–Kier alpha value is -1.44. The van der Waals surface area contributed by atoms with Gasteiger partial charge in [-0.05, 0) is 38.9 Å². The molecule has 1 aromatic carbocycles. The third-order valence-electron chi connectivity index (χ3n) is 5.16. The van der Waals surface area contributed by atoms with E-state index in [0.717, 1.165) is 16.9 Å². The quantitative estimate of drug-likeness (QED) is 0.840. The fourth-order valence-electron chi connectivity index (χ4n) is 3.86. The van der Waals surface area contributed by atoms with Crippen molar-refractivity contribution in [3.63, 3.8) is 0 Å². The molecule has 2 aliphatic heterocycles. The highest BCUT2D eigenvalue weighted by atomic mass is 35.5. The highest BCUT2D eigenvalue weighted by Gasteiger charge is 2.69. The van der Waals surface area contributed by atoms with Crippen LogP contribution in [0.1, 0.15) is 43.4 Å². The van der Waals surface area contributed by atoms with Crippen LogP contribution < -0.4 is 5.73 Å². The van der Waals surface area contributed by atoms with Crippen LogP contribution in [0.25, 0.3) is 0 Å². The SMILES string of the molecule is CC1(C)C(=O)N2N1C(c1ccc(Cl)s1)OC2(CCCN)c1ccccc1. The standard InChI is InChI=1S/C19H22ClN3O2S/c1-18(2)17(24)23-19(11-6-12-21,13-7-4-3-5-8-13)25-16(22(18)23)14-9-10-15(20)26-14/h3-5,7-10,16H,6,11-12,21H2,1-2H3. The number of amides is 1. The Morgan fingerprint density at radius 2 is 1.96 bits per heavy atom. The first-order valence-electron chi connectivity index (χ1n) is 8.74. The summed E-state index contributed by atoms with van der Waals surface area (Å²) in [5, 5.41) is 3.83. The fraction of sp³-hybridized carbons (Fsp3) is 0.421. The number of nitrogens with zero attached hydrogens (tertiary/aromatic N) is 2. The maximum absolute atomic E-state index is 13.0. The summed E-state index contributed by atoms with van der Waals surface area (Å²) in [6.45, 7) is 4.40. The number of benzene rings is 1. The molecule has 1 aromatic heterocycles. The van der Waals surface area contributed by atoms with E-state index in [1.165, 1.54) is 11.3 Å². The molecule has 0 spiro atoms. The summed E-state index contributed by atoms with van der Waals surface area (Å²) in [7, 11) is 0. The molecule has 0 bridgehead atoms. The molecule has 2 aliphatic rings. The van der Waals surface area contributed by atoms with E-state index in [2.05, 4.69) is 0 Å². The minimum atomic E-state index is -0.839. The third kappa shape index (κ3) is 2.44. The van der Waals surface area contributed by atoms with Crippen LogP contribution in [0.4, 0.5) is 0 Å². The van der Waals surface area contributed by atoms with E-state index in [9.17, 15) is 4.79 Å². The Labute approximate surface area is 162 Å². The molecule has 1 amide bonds. The first kappa shape index (κ1) is 17.9. The van der Waals surface area contributed by atoms with Crippen LogP contribution in [0.3, 0.4) is 0 Å². The number of fused-ring (bicyclic) bond motifs is 1. The van der Waals surface area contributed by atoms with Gasteiger partial charge in [-0.15, -0.1) is 11.3 Å². The van der Waals surface area contributed by atoms with Gasteiger partial charge in [0.25, 0.3) is 5.91 Å². The highest BCUT2D eigenvalue weighted by Crippen LogP contribution is 2.57. The van der Waals surface area contributed by atoms with Gasteiger partial charge in [0.1, 0.15) is 5.54 Å². The van der Waals surface area contributed by atoms with Gasteiger partial charge >= 0.3 is 0 Å². The van der Waals surface area contributed by atoms with Crippen LogP contribution in [0.2, 0.25) is 4.34 Å². The monoisotopic (exact) mass is 391 g/mol. The van der Waals surface area contributed by atoms with Crippen LogP contribution in [0, 0.1) is 0 Å². The van der Waals surface area contributed by atoms with E-state index in [4.69, 9.17) is 22.1 Å². The van der Waals surface area contributed by atoms with Crippen molar-refractivity contribution in [2.24, 2.45) is 5.73 Å². The topological polar surface area (TPSA) is 58.8 Å². The van der Waals surface area contributed by atoms with Gasteiger partial charge in [0.2, 0.25) is 0 Å². The Balaban J connectivity index is 1.83. The summed E-state index contributed by atoms with van der Waals surface area (Å²) in [6, 6.07) is 13.8. The molecule has 7 heteroatoms. The van der Waals surface area contributed by atoms with E-state index in [1.807, 2.05) is 61.3 Å². The number of hydrogen-bond acceptors (Lipinski definition) is 5. The normalized spacial score (nSPS) is 27.5. The van der Waals surface area contributed by atoms with Gasteiger partial charge < -0.3 is 10.5 Å². The van der Waals surface area contributed by atoms with Crippen LogP contribution in [-0.4, -0.2) is 28.0 Å². The van der Waals surface area contributed by atoms with Crippen molar-refractivity contribution >= 4 is 28.8 Å². The van der Waals surface area contributed by atoms with Crippen molar-refractivity contribution in [1.82, 2.24) is 10.0 Å². The van der Waals surface area contributed by atoms with Crippen molar-refractivity contribution < 1.29 is 9.53 Å². The van der Waals surface area contributed by atoms with E-state index >= 15 is 0 Å². The fourth-order valence-corrected chi connectivity index (χ4v) is 4.94. The minimum absolute atomic E-state index is 0.0588. The molecule has 0 aliphatic carbocycles. The molecule has 5 nitrogen and oxygen atoms in total. The van der Waals surface area contributed by atoms with Crippen molar-refractivity contribution in [1.29, 1.82) is 0 Å². The Morgan fingerprint density at radius 3 is 2.58 bits per heavy atom. The number of ether oxygens (including phenoxy) is 1. The zero-order valence-corrected chi connectivity index (χ0v) is 16.4. The number of halogens is 1. The van der Waals surface area contributed by atoms with E-state index in [-0.39, 0.29) is 12.1 Å². The molecule has 0 saturated carbocycles. The molecule has 3 heterocycles. The number of rotatable bonds is 5. The lowest BCUT2D eigenvalue weighted by Gasteiger charge is -2.55. The van der Waals surface area contributed by atoms with Gasteiger partial charge in [-0.2, -0.15) is 5.01 Å². The Kier molecular flexibility index (Phi) is 4.36. The number of nitrogens with two attached hydrogens (primary N) is 1. The first-order chi connectivity index (χ1) is 12.4. The summed E-state index contributed by atoms with van der Waals surface area (Å²) < 4.78 is 7.36. The van der Waals surface area contributed by atoms with E-state index < -0.39 is 11.3 Å². The molecule has 26 heavy (non-hydrogen) atoms. The van der Waals surface area contributed by atoms with Crippen molar-refractivity contribution in [3.8, 4) is 0 Å². The predicted molar refractivity (Wildman–Crippen MR) is 102 cm³/mol. The zero-order chi connectivity index (χ0) is 18.5. The molecular weight excluding hydrogens is 370 g/mol. The Bertz CT molecular complexity index is 825. The summed E-state index contributed by atoms with van der Waals surface area (Å²) >= 11 is 7.64. The molecule has 138 valence electrons. The van der Waals surface area contributed by atoms with Crippen LogP contribution in [-0.2, 0) is 15.3 Å². The summed E-state index contributed by atoms with van der Waals surface area (Å²) in [4.78, 5) is 14.0. The maximum atomic E-state index is 13.0. The van der Waals surface area contributed by atoms with Gasteiger partial charge in [-0.3, -0.25) is 4.79 Å². The average molecular weight is 392 g/mol. The highest BCUT2D eigenvalue weighted by molar-refractivity contribution is 7.16. The minimum Gasteiger partial charge on any atom is -0.330 e. The third-order valence-corrected chi connectivity index (χ3v) is 6.42. The largest absolute Gasteiger partial charge is 0.330 e. The number of hydrogen-bond donors (Lipinski definition) is 1. The number of hydrazine groups is 1. The molecule has 4 rings (SSSR count). The van der Waals surface area contributed by atoms with E-state index in [0.29, 0.717) is 17.3 Å². The molecule has 2 aromatic rings. The lowest BCUT2D eigenvalue weighted by atomic mass is 9.90. The molecule has 0 radical (unpaired) electrons. The maximum Gasteiger partial charge on any atom is 0.261 e. The number of carbonyl (C=O) groups is 1. The number of thiophene rings is 1. The van der Waals surface area contributed by atoms with Crippen molar-refractivity contribution in [2.75, 3.05) is 6.54 Å². The van der Waals surface area contributed by atoms with Gasteiger partial charge in [-0.1, -0.05) is 41.9 Å². The lowest BCUT2D eigenvalue weighted by molar-refractivity contribution is -0.231. The lowest BCUT2D eigenvalue weighted by Crippen LogP contribution is -2.75. The molecule has 2 N–H and O–H groups in total.